The van der Waals surface area contributed by atoms with Gasteiger partial charge in [0.2, 0.25) is 11.1 Å². The van der Waals surface area contributed by atoms with Crippen LogP contribution >= 0.6 is 11.8 Å². The number of anilines is 1. The second-order valence-electron chi connectivity index (χ2n) is 4.71. The number of hydrogen-bond acceptors (Lipinski definition) is 8. The van der Waals surface area contributed by atoms with Gasteiger partial charge in [-0.15, -0.1) is 10.2 Å². The van der Waals surface area contributed by atoms with Crippen LogP contribution in [0.1, 0.15) is 5.82 Å². The van der Waals surface area contributed by atoms with Crippen molar-refractivity contribution >= 4 is 23.5 Å². The molecule has 1 aromatic carbocycles. The van der Waals surface area contributed by atoms with Crippen LogP contribution in [0.25, 0.3) is 0 Å². The molecule has 1 amide bonds. The number of para-hydroxylation sites is 1. The lowest BCUT2D eigenvalue weighted by atomic mass is 10.3. The molecule has 25 heavy (non-hydrogen) atoms. The summed E-state index contributed by atoms with van der Waals surface area (Å²) in [6, 6.07) is 7.52. The Balaban J connectivity index is 1.54. The minimum atomic E-state index is -0.482. The predicted octanol–water partition coefficient (Wildman–Crippen LogP) is 1.43. The van der Waals surface area contributed by atoms with Crippen LogP contribution in [0.2, 0.25) is 0 Å². The van der Waals surface area contributed by atoms with E-state index in [9.17, 15) is 9.18 Å². The van der Waals surface area contributed by atoms with E-state index in [0.717, 1.165) is 11.8 Å². The number of benzene rings is 1. The van der Waals surface area contributed by atoms with E-state index in [1.54, 1.807) is 12.1 Å². The normalized spacial score (nSPS) is 10.6. The molecule has 2 aromatic heterocycles. The highest BCUT2D eigenvalue weighted by Gasteiger charge is 2.14. The van der Waals surface area contributed by atoms with E-state index in [-0.39, 0.29) is 24.0 Å². The minimum absolute atomic E-state index is 0.0519. The van der Waals surface area contributed by atoms with E-state index in [1.165, 1.54) is 29.1 Å². The summed E-state index contributed by atoms with van der Waals surface area (Å²) >= 11 is 1.09. The molecule has 0 radical (unpaired) electrons. The fourth-order valence-corrected chi connectivity index (χ4v) is 2.47. The van der Waals surface area contributed by atoms with E-state index in [0.29, 0.717) is 16.8 Å². The van der Waals surface area contributed by atoms with E-state index in [1.807, 2.05) is 0 Å². The minimum Gasteiger partial charge on any atom is -0.482 e. The molecule has 0 atom stereocenters. The number of aromatic nitrogens is 4. The van der Waals surface area contributed by atoms with Gasteiger partial charge in [0.1, 0.15) is 12.9 Å². The fraction of sp³-hybridized carbons (Fsp3) is 0.143. The zero-order valence-electron chi connectivity index (χ0n) is 12.8. The van der Waals surface area contributed by atoms with Crippen molar-refractivity contribution < 1.29 is 18.4 Å². The highest BCUT2D eigenvalue weighted by Crippen LogP contribution is 2.18. The van der Waals surface area contributed by atoms with E-state index >= 15 is 0 Å². The van der Waals surface area contributed by atoms with Crippen molar-refractivity contribution in [3.05, 3.63) is 48.2 Å². The summed E-state index contributed by atoms with van der Waals surface area (Å²) in [6.45, 7) is -0.0594. The maximum Gasteiger partial charge on any atom is 0.236 e. The molecule has 0 aliphatic carbocycles. The Hall–Kier alpha value is -3.08. The Bertz CT molecular complexity index is 854. The molecule has 0 unspecified atom stereocenters. The van der Waals surface area contributed by atoms with Crippen molar-refractivity contribution in [2.24, 2.45) is 0 Å². The maximum absolute atomic E-state index is 13.5. The molecule has 2 heterocycles. The lowest BCUT2D eigenvalue weighted by Gasteiger charge is -2.07. The molecule has 130 valence electrons. The molecule has 0 aliphatic heterocycles. The first-order valence-electron chi connectivity index (χ1n) is 7.03. The standard InChI is InChI=1S/C14H13FN6O3S/c15-9-3-1-2-4-10(9)23-7-12-18-19-14(21(12)16)25-8-13(22)17-11-5-6-24-20-11/h1-6H,7-8,16H2,(H,17,20,22). The van der Waals surface area contributed by atoms with Crippen LogP contribution in [0, 0.1) is 5.82 Å². The first-order valence-corrected chi connectivity index (χ1v) is 8.02. The summed E-state index contributed by atoms with van der Waals surface area (Å²) < 4.78 is 24.6. The highest BCUT2D eigenvalue weighted by molar-refractivity contribution is 7.99. The van der Waals surface area contributed by atoms with E-state index in [4.69, 9.17) is 10.6 Å². The van der Waals surface area contributed by atoms with Crippen molar-refractivity contribution in [2.75, 3.05) is 16.9 Å². The van der Waals surface area contributed by atoms with Gasteiger partial charge < -0.3 is 20.4 Å². The predicted molar refractivity (Wildman–Crippen MR) is 86.8 cm³/mol. The molecular weight excluding hydrogens is 351 g/mol. The first-order chi connectivity index (χ1) is 12.1. The van der Waals surface area contributed by atoms with E-state index < -0.39 is 5.82 Å². The van der Waals surface area contributed by atoms with Crippen LogP contribution < -0.4 is 15.9 Å². The Morgan fingerprint density at radius 3 is 2.96 bits per heavy atom. The lowest BCUT2D eigenvalue weighted by molar-refractivity contribution is -0.113. The topological polar surface area (TPSA) is 121 Å². The number of hydrogen-bond donors (Lipinski definition) is 2. The summed E-state index contributed by atoms with van der Waals surface area (Å²) in [5.41, 5.74) is 0. The number of ether oxygens (including phenoxy) is 1. The van der Waals surface area contributed by atoms with Crippen LogP contribution in [0.15, 0.2) is 46.3 Å². The number of nitrogen functional groups attached to an aromatic ring is 1. The maximum atomic E-state index is 13.5. The summed E-state index contributed by atoms with van der Waals surface area (Å²) in [5.74, 6) is 5.84. The fourth-order valence-electron chi connectivity index (χ4n) is 1.79. The van der Waals surface area contributed by atoms with Gasteiger partial charge in [0.05, 0.1) is 5.75 Å². The molecule has 0 bridgehead atoms. The summed E-state index contributed by atoms with van der Waals surface area (Å²) in [4.78, 5) is 11.8. The number of carbonyl (C=O) groups excluding carboxylic acids is 1. The average molecular weight is 364 g/mol. The van der Waals surface area contributed by atoms with Crippen LogP contribution in [-0.4, -0.2) is 31.7 Å². The smallest absolute Gasteiger partial charge is 0.236 e. The third-order valence-corrected chi connectivity index (χ3v) is 3.91. The molecule has 3 rings (SSSR count). The van der Waals surface area contributed by atoms with Gasteiger partial charge in [0, 0.05) is 6.07 Å². The Labute approximate surface area is 145 Å². The molecule has 0 fully saturated rings. The quantitative estimate of drug-likeness (QED) is 0.477. The van der Waals surface area contributed by atoms with Gasteiger partial charge in [-0.25, -0.2) is 9.07 Å². The average Bonchev–Trinajstić information content (AvgIpc) is 3.23. The van der Waals surface area contributed by atoms with Gasteiger partial charge in [0.15, 0.2) is 23.2 Å². The van der Waals surface area contributed by atoms with Crippen LogP contribution in [-0.2, 0) is 11.4 Å². The lowest BCUT2D eigenvalue weighted by Crippen LogP contribution is -2.18. The second kappa shape index (κ2) is 7.66. The number of nitrogens with two attached hydrogens (primary N) is 1. The van der Waals surface area contributed by atoms with Gasteiger partial charge in [-0.3, -0.25) is 4.79 Å². The number of nitrogens with zero attached hydrogens (tertiary/aromatic N) is 4. The molecule has 0 spiro atoms. The summed E-state index contributed by atoms with van der Waals surface area (Å²) in [7, 11) is 0. The number of thioether (sulfide) groups is 1. The van der Waals surface area contributed by atoms with Crippen molar-refractivity contribution in [3.63, 3.8) is 0 Å². The van der Waals surface area contributed by atoms with Crippen molar-refractivity contribution in [1.29, 1.82) is 0 Å². The Kier molecular flexibility index (Phi) is 5.14. The molecule has 11 heteroatoms. The highest BCUT2D eigenvalue weighted by atomic mass is 32.2. The van der Waals surface area contributed by atoms with Crippen molar-refractivity contribution in [1.82, 2.24) is 20.0 Å². The van der Waals surface area contributed by atoms with Gasteiger partial charge >= 0.3 is 0 Å². The summed E-state index contributed by atoms with van der Waals surface area (Å²) in [5, 5.41) is 14.2. The van der Waals surface area contributed by atoms with E-state index in [2.05, 4.69) is 25.2 Å². The second-order valence-corrected chi connectivity index (χ2v) is 5.65. The van der Waals surface area contributed by atoms with Crippen LogP contribution in [0.3, 0.4) is 0 Å². The van der Waals surface area contributed by atoms with Crippen molar-refractivity contribution in [2.45, 2.75) is 11.8 Å². The number of amides is 1. The van der Waals surface area contributed by atoms with Gasteiger partial charge in [-0.05, 0) is 12.1 Å². The number of carbonyl (C=O) groups is 1. The number of halogens is 1. The first kappa shape index (κ1) is 16.8. The molecular formula is C14H13FN6O3S. The molecule has 3 aromatic rings. The van der Waals surface area contributed by atoms with Crippen molar-refractivity contribution in [3.8, 4) is 5.75 Å². The van der Waals surface area contributed by atoms with Crippen LogP contribution in [0.4, 0.5) is 10.2 Å². The third-order valence-electron chi connectivity index (χ3n) is 2.97. The zero-order chi connectivity index (χ0) is 17.6. The molecule has 3 N–H and O–H groups in total. The number of nitrogens with one attached hydrogen (secondary N) is 1. The molecule has 9 nitrogen and oxygen atoms in total. The monoisotopic (exact) mass is 364 g/mol. The zero-order valence-corrected chi connectivity index (χ0v) is 13.6. The molecule has 0 aliphatic rings. The summed E-state index contributed by atoms with van der Waals surface area (Å²) in [6.07, 6.45) is 1.35. The molecule has 0 saturated carbocycles. The Morgan fingerprint density at radius 2 is 2.20 bits per heavy atom. The Morgan fingerprint density at radius 1 is 1.36 bits per heavy atom. The molecule has 0 saturated heterocycles. The third kappa shape index (κ3) is 4.26. The van der Waals surface area contributed by atoms with Crippen LogP contribution in [0.5, 0.6) is 5.75 Å². The number of rotatable bonds is 7. The SMILES string of the molecule is Nn1c(COc2ccccc2F)nnc1SCC(=O)Nc1ccon1. The largest absolute Gasteiger partial charge is 0.482 e. The van der Waals surface area contributed by atoms with Gasteiger partial charge in [-0.1, -0.05) is 29.1 Å². The van der Waals surface area contributed by atoms with Gasteiger partial charge in [0.25, 0.3) is 0 Å². The van der Waals surface area contributed by atoms with Gasteiger partial charge in [-0.2, -0.15) is 0 Å².